The average molecular weight is 918 g/mol. The zero-order chi connectivity index (χ0) is 47.1. The molecule has 1 aliphatic rings. The lowest BCUT2D eigenvalue weighted by molar-refractivity contribution is -0.145. The number of unbranched alkanes of at least 4 members (excludes halogenated alkanes) is 31. The Balaban J connectivity index is 2.68. The second kappa shape index (κ2) is 47.9. The number of rotatable bonds is 51. The van der Waals surface area contributed by atoms with Crippen LogP contribution < -0.4 is 0 Å². The zero-order valence-corrected chi connectivity index (χ0v) is 44.9. The fraction of sp³-hybridized carbons (Fsp3) is 0.966. The van der Waals surface area contributed by atoms with E-state index in [9.17, 15) is 9.59 Å². The van der Waals surface area contributed by atoms with Gasteiger partial charge in [0.2, 0.25) is 5.91 Å². The minimum absolute atomic E-state index is 0.0626. The van der Waals surface area contributed by atoms with Crippen molar-refractivity contribution in [1.82, 2.24) is 19.6 Å². The van der Waals surface area contributed by atoms with Crippen LogP contribution in [-0.4, -0.2) is 110 Å². The summed E-state index contributed by atoms with van der Waals surface area (Å²) in [4.78, 5) is 36.9. The number of nitrogens with zero attached hydrogens (tertiary/aromatic N) is 4. The number of carbonyl (C=O) groups excluding carboxylic acids is 2. The standard InChI is InChI=1S/C58H116N4O3/c1-6-11-16-21-26-31-36-40-47-60(46-39-34-29-24-19-14-9-4)55-58(64)65-52-43-56-42-49-62(53-56)57(63)54-61(48-41-35-30-25-20-15-10-5)51-50-59(44-37-32-27-22-17-12-7-2)45-38-33-28-23-18-13-8-3/h56H,6-55H2,1-5H3. The van der Waals surface area contributed by atoms with Gasteiger partial charge in [0.25, 0.3) is 0 Å². The van der Waals surface area contributed by atoms with Crippen LogP contribution in [-0.2, 0) is 14.3 Å². The van der Waals surface area contributed by atoms with Crippen LogP contribution >= 0.6 is 0 Å². The van der Waals surface area contributed by atoms with Crippen LogP contribution in [0.4, 0.5) is 0 Å². The predicted molar refractivity (Wildman–Crippen MR) is 284 cm³/mol. The van der Waals surface area contributed by atoms with E-state index in [2.05, 4.69) is 54.2 Å². The Bertz CT molecular complexity index is 993. The van der Waals surface area contributed by atoms with Crippen molar-refractivity contribution in [2.24, 2.45) is 5.92 Å². The second-order valence-corrected chi connectivity index (χ2v) is 20.9. The van der Waals surface area contributed by atoms with Crippen molar-refractivity contribution in [3.05, 3.63) is 0 Å². The highest BCUT2D eigenvalue weighted by molar-refractivity contribution is 5.78. The molecule has 0 aromatic rings. The summed E-state index contributed by atoms with van der Waals surface area (Å²) in [5.74, 6) is 0.663. The third-order valence-electron chi connectivity index (χ3n) is 14.5. The predicted octanol–water partition coefficient (Wildman–Crippen LogP) is 15.8. The van der Waals surface area contributed by atoms with Gasteiger partial charge in [0, 0.05) is 26.2 Å². The van der Waals surface area contributed by atoms with Crippen molar-refractivity contribution >= 4 is 11.9 Å². The van der Waals surface area contributed by atoms with E-state index in [0.717, 1.165) is 58.7 Å². The highest BCUT2D eigenvalue weighted by atomic mass is 16.5. The maximum absolute atomic E-state index is 13.9. The Morgan fingerprint density at radius 2 is 0.708 bits per heavy atom. The van der Waals surface area contributed by atoms with E-state index in [1.54, 1.807) is 0 Å². The molecular formula is C58H116N4O3. The molecule has 1 heterocycles. The molecule has 386 valence electrons. The fourth-order valence-electron chi connectivity index (χ4n) is 9.95. The van der Waals surface area contributed by atoms with Gasteiger partial charge >= 0.3 is 5.97 Å². The lowest BCUT2D eigenvalue weighted by atomic mass is 10.1. The van der Waals surface area contributed by atoms with E-state index in [1.165, 1.54) is 244 Å². The maximum Gasteiger partial charge on any atom is 0.320 e. The summed E-state index contributed by atoms with van der Waals surface area (Å²) in [5, 5.41) is 0. The SMILES string of the molecule is CCCCCCCCCCN(CCCCCCCCC)CC(=O)OCCC1CCN(C(=O)CN(CCCCCCCCC)CCN(CCCCCCCCC)CCCCCCCCC)C1. The Hall–Kier alpha value is -1.18. The first-order chi connectivity index (χ1) is 32.0. The van der Waals surface area contributed by atoms with Gasteiger partial charge in [-0.15, -0.1) is 0 Å². The molecule has 1 aliphatic heterocycles. The molecule has 1 amide bonds. The van der Waals surface area contributed by atoms with E-state index in [0.29, 0.717) is 31.5 Å². The summed E-state index contributed by atoms with van der Waals surface area (Å²) >= 11 is 0. The monoisotopic (exact) mass is 917 g/mol. The van der Waals surface area contributed by atoms with Crippen LogP contribution in [0.3, 0.4) is 0 Å². The van der Waals surface area contributed by atoms with E-state index >= 15 is 0 Å². The van der Waals surface area contributed by atoms with Crippen LogP contribution in [0.2, 0.25) is 0 Å². The molecule has 0 saturated carbocycles. The van der Waals surface area contributed by atoms with Gasteiger partial charge in [-0.2, -0.15) is 0 Å². The molecule has 0 aliphatic carbocycles. The minimum Gasteiger partial charge on any atom is -0.465 e. The lowest BCUT2D eigenvalue weighted by Gasteiger charge is -2.29. The topological polar surface area (TPSA) is 56.3 Å². The maximum atomic E-state index is 13.9. The quantitative estimate of drug-likeness (QED) is 0.0448. The van der Waals surface area contributed by atoms with E-state index < -0.39 is 0 Å². The Morgan fingerprint density at radius 1 is 0.400 bits per heavy atom. The van der Waals surface area contributed by atoms with Crippen molar-refractivity contribution in [2.75, 3.05) is 78.6 Å². The van der Waals surface area contributed by atoms with Crippen LogP contribution in [0.5, 0.6) is 0 Å². The van der Waals surface area contributed by atoms with Crippen molar-refractivity contribution in [3.63, 3.8) is 0 Å². The summed E-state index contributed by atoms with van der Waals surface area (Å²) in [6.45, 7) is 22.1. The van der Waals surface area contributed by atoms with Gasteiger partial charge in [0.1, 0.15) is 0 Å². The van der Waals surface area contributed by atoms with Gasteiger partial charge in [0.15, 0.2) is 0 Å². The summed E-state index contributed by atoms with van der Waals surface area (Å²) < 4.78 is 5.91. The van der Waals surface area contributed by atoms with Gasteiger partial charge in [-0.05, 0) is 83.6 Å². The molecule has 0 bridgehead atoms. The highest BCUT2D eigenvalue weighted by Crippen LogP contribution is 2.21. The fourth-order valence-corrected chi connectivity index (χ4v) is 9.95. The molecule has 1 unspecified atom stereocenters. The van der Waals surface area contributed by atoms with Crippen molar-refractivity contribution < 1.29 is 14.3 Å². The molecule has 0 N–H and O–H groups in total. The molecular weight excluding hydrogens is 801 g/mol. The summed E-state index contributed by atoms with van der Waals surface area (Å²) in [6, 6.07) is 0. The largest absolute Gasteiger partial charge is 0.465 e. The van der Waals surface area contributed by atoms with E-state index in [1.807, 2.05) is 0 Å². The molecule has 1 rings (SSSR count). The first-order valence-electron chi connectivity index (χ1n) is 29.6. The normalized spacial score (nSPS) is 14.2. The molecule has 1 saturated heterocycles. The van der Waals surface area contributed by atoms with E-state index in [-0.39, 0.29) is 5.97 Å². The number of ether oxygens (including phenoxy) is 1. The van der Waals surface area contributed by atoms with E-state index in [4.69, 9.17) is 4.74 Å². The third kappa shape index (κ3) is 39.4. The van der Waals surface area contributed by atoms with Crippen LogP contribution in [0.25, 0.3) is 0 Å². The number of hydrogen-bond donors (Lipinski definition) is 0. The smallest absolute Gasteiger partial charge is 0.320 e. The Morgan fingerprint density at radius 3 is 1.08 bits per heavy atom. The molecule has 0 aromatic heterocycles. The first kappa shape index (κ1) is 61.8. The molecule has 0 spiro atoms. The Labute approximate surface area is 407 Å². The Kier molecular flexibility index (Phi) is 45.5. The number of likely N-dealkylation sites (tertiary alicyclic amines) is 1. The molecule has 7 heteroatoms. The first-order valence-corrected chi connectivity index (χ1v) is 29.6. The van der Waals surface area contributed by atoms with Crippen LogP contribution in [0, 0.1) is 5.92 Å². The lowest BCUT2D eigenvalue weighted by Crippen LogP contribution is -2.43. The minimum atomic E-state index is -0.0626. The highest BCUT2D eigenvalue weighted by Gasteiger charge is 2.27. The van der Waals surface area contributed by atoms with Gasteiger partial charge in [-0.25, -0.2) is 0 Å². The van der Waals surface area contributed by atoms with Crippen molar-refractivity contribution in [1.29, 1.82) is 0 Å². The molecule has 0 aromatic carbocycles. The molecule has 0 radical (unpaired) electrons. The van der Waals surface area contributed by atoms with Gasteiger partial charge < -0.3 is 14.5 Å². The molecule has 7 nitrogen and oxygen atoms in total. The molecule has 65 heavy (non-hydrogen) atoms. The number of amides is 1. The summed E-state index contributed by atoms with van der Waals surface area (Å²) in [7, 11) is 0. The summed E-state index contributed by atoms with van der Waals surface area (Å²) in [5.41, 5.74) is 0. The molecule has 1 fully saturated rings. The van der Waals surface area contributed by atoms with Gasteiger partial charge in [-0.3, -0.25) is 19.4 Å². The van der Waals surface area contributed by atoms with Gasteiger partial charge in [0.05, 0.1) is 19.7 Å². The summed E-state index contributed by atoms with van der Waals surface area (Å²) in [6.07, 6.45) is 49.6. The van der Waals surface area contributed by atoms with Crippen molar-refractivity contribution in [3.8, 4) is 0 Å². The van der Waals surface area contributed by atoms with Crippen LogP contribution in [0.1, 0.15) is 279 Å². The second-order valence-electron chi connectivity index (χ2n) is 20.9. The zero-order valence-electron chi connectivity index (χ0n) is 44.9. The number of hydrogen-bond acceptors (Lipinski definition) is 6. The number of esters is 1. The number of carbonyl (C=O) groups is 2. The third-order valence-corrected chi connectivity index (χ3v) is 14.5. The van der Waals surface area contributed by atoms with Gasteiger partial charge in [-0.1, -0.05) is 234 Å². The van der Waals surface area contributed by atoms with Crippen LogP contribution in [0.15, 0.2) is 0 Å². The van der Waals surface area contributed by atoms with Crippen molar-refractivity contribution in [2.45, 2.75) is 279 Å². The average Bonchev–Trinajstić information content (AvgIpc) is 3.79. The molecule has 1 atom stereocenters.